The first kappa shape index (κ1) is 22.4. The van der Waals surface area contributed by atoms with Crippen molar-refractivity contribution in [3.05, 3.63) is 65.7 Å². The quantitative estimate of drug-likeness (QED) is 0.605. The molecule has 6 nitrogen and oxygen atoms in total. The highest BCUT2D eigenvalue weighted by Gasteiger charge is 2.26. The van der Waals surface area contributed by atoms with Gasteiger partial charge in [0, 0.05) is 12.8 Å². The van der Waals surface area contributed by atoms with Crippen molar-refractivity contribution in [3.8, 4) is 5.75 Å². The summed E-state index contributed by atoms with van der Waals surface area (Å²) in [5.41, 5.74) is 2.14. The van der Waals surface area contributed by atoms with Gasteiger partial charge in [-0.25, -0.2) is 0 Å². The molecule has 1 saturated heterocycles. The van der Waals surface area contributed by atoms with Crippen molar-refractivity contribution in [1.29, 1.82) is 0 Å². The van der Waals surface area contributed by atoms with Gasteiger partial charge in [-0.2, -0.15) is 0 Å². The third-order valence-electron chi connectivity index (χ3n) is 5.07. The lowest BCUT2D eigenvalue weighted by Gasteiger charge is -2.29. The number of aliphatic hydroxyl groups is 1. The highest BCUT2D eigenvalue weighted by Crippen LogP contribution is 2.20. The zero-order valence-electron chi connectivity index (χ0n) is 17.4. The number of hydrogen-bond acceptors (Lipinski definition) is 6. The minimum absolute atomic E-state index is 0.00336. The smallest absolute Gasteiger partial charge is 0.272 e. The predicted molar refractivity (Wildman–Crippen MR) is 112 cm³/mol. The lowest BCUT2D eigenvalue weighted by molar-refractivity contribution is -0.334. The van der Waals surface area contributed by atoms with E-state index in [0.717, 1.165) is 23.3 Å². The molecule has 0 unspecified atom stereocenters. The minimum atomic E-state index is -0.790. The van der Waals surface area contributed by atoms with Crippen molar-refractivity contribution in [2.75, 3.05) is 13.7 Å². The first-order chi connectivity index (χ1) is 14.6. The van der Waals surface area contributed by atoms with Gasteiger partial charge in [-0.15, -0.1) is 0 Å². The Morgan fingerprint density at radius 3 is 2.63 bits per heavy atom. The summed E-state index contributed by atoms with van der Waals surface area (Å²) in [6, 6.07) is 17.5. The van der Waals surface area contributed by atoms with Gasteiger partial charge >= 0.3 is 0 Å². The van der Waals surface area contributed by atoms with Crippen LogP contribution in [0.25, 0.3) is 0 Å². The van der Waals surface area contributed by atoms with Crippen LogP contribution >= 0.6 is 0 Å². The first-order valence-electron chi connectivity index (χ1n) is 10.4. The first-order valence-corrected chi connectivity index (χ1v) is 10.4. The number of rotatable bonds is 11. The van der Waals surface area contributed by atoms with E-state index >= 15 is 0 Å². The predicted octanol–water partition coefficient (Wildman–Crippen LogP) is 3.64. The van der Waals surface area contributed by atoms with E-state index in [1.54, 1.807) is 7.11 Å². The Morgan fingerprint density at radius 1 is 1.13 bits per heavy atom. The van der Waals surface area contributed by atoms with E-state index in [9.17, 15) is 9.90 Å². The number of hydrogen-bond donors (Lipinski definition) is 1. The lowest BCUT2D eigenvalue weighted by Crippen LogP contribution is -2.35. The molecule has 0 aromatic heterocycles. The highest BCUT2D eigenvalue weighted by molar-refractivity contribution is 5.79. The van der Waals surface area contributed by atoms with Crippen LogP contribution in [0, 0.1) is 0 Å². The maximum Gasteiger partial charge on any atom is 0.272 e. The molecule has 6 heteroatoms. The number of benzene rings is 2. The van der Waals surface area contributed by atoms with E-state index in [2.05, 4.69) is 0 Å². The zero-order valence-corrected chi connectivity index (χ0v) is 17.4. The van der Waals surface area contributed by atoms with E-state index in [0.29, 0.717) is 26.1 Å². The largest absolute Gasteiger partial charge is 0.497 e. The molecule has 2 aromatic rings. The highest BCUT2D eigenvalue weighted by atomic mass is 16.8. The number of ether oxygens (including phenoxy) is 4. The van der Waals surface area contributed by atoms with Gasteiger partial charge < -0.3 is 24.1 Å². The van der Waals surface area contributed by atoms with E-state index < -0.39 is 12.6 Å². The molecule has 162 valence electrons. The average Bonchev–Trinajstić information content (AvgIpc) is 2.77. The Hall–Kier alpha value is -2.25. The molecule has 0 amide bonds. The maximum absolute atomic E-state index is 12.3. The summed E-state index contributed by atoms with van der Waals surface area (Å²) in [6.07, 6.45) is 1.46. The van der Waals surface area contributed by atoms with Crippen LogP contribution in [-0.4, -0.2) is 43.3 Å². The average molecular weight is 414 g/mol. The van der Waals surface area contributed by atoms with Gasteiger partial charge in [0.25, 0.3) is 6.48 Å². The number of methoxy groups -OCH3 is 1. The molecule has 1 heterocycles. The van der Waals surface area contributed by atoms with E-state index in [1.807, 2.05) is 54.6 Å². The van der Waals surface area contributed by atoms with Gasteiger partial charge in [0.2, 0.25) is 0 Å². The fourth-order valence-electron chi connectivity index (χ4n) is 3.36. The van der Waals surface area contributed by atoms with Gasteiger partial charge in [0.1, 0.15) is 11.5 Å². The van der Waals surface area contributed by atoms with Gasteiger partial charge in [-0.1, -0.05) is 42.5 Å². The summed E-state index contributed by atoms with van der Waals surface area (Å²) in [5.74, 6) is 0.782. The molecule has 1 N–H and O–H groups in total. The van der Waals surface area contributed by atoms with Gasteiger partial charge in [-0.3, -0.25) is 4.79 Å². The molecule has 3 rings (SSSR count). The summed E-state index contributed by atoms with van der Waals surface area (Å²) >= 11 is 0. The number of carbonyl (C=O) groups excluding carboxylic acids is 1. The normalized spacial score (nSPS) is 19.9. The van der Waals surface area contributed by atoms with Gasteiger partial charge in [0.05, 0.1) is 32.5 Å². The molecule has 2 aromatic carbocycles. The monoisotopic (exact) mass is 414 g/mol. The minimum Gasteiger partial charge on any atom is -0.497 e. The Bertz CT molecular complexity index is 761. The number of ketones is 1. The lowest BCUT2D eigenvalue weighted by atomic mass is 10.0. The molecular formula is C24H30O6. The topological polar surface area (TPSA) is 74.2 Å². The Morgan fingerprint density at radius 2 is 1.90 bits per heavy atom. The molecule has 0 aliphatic carbocycles. The van der Waals surface area contributed by atoms with Crippen molar-refractivity contribution >= 4 is 5.78 Å². The summed E-state index contributed by atoms with van der Waals surface area (Å²) in [6.45, 7) is 0.0247. The number of aliphatic hydroxyl groups excluding tert-OH is 1. The zero-order chi connectivity index (χ0) is 21.2. The van der Waals surface area contributed by atoms with Crippen LogP contribution < -0.4 is 4.74 Å². The molecule has 1 aliphatic heterocycles. The van der Waals surface area contributed by atoms with Crippen LogP contribution in [0.2, 0.25) is 0 Å². The molecule has 1 aliphatic rings. The van der Waals surface area contributed by atoms with Crippen molar-refractivity contribution in [3.63, 3.8) is 0 Å². The molecule has 3 atom stereocenters. The third-order valence-corrected chi connectivity index (χ3v) is 5.07. The maximum atomic E-state index is 12.3. The molecular weight excluding hydrogens is 384 g/mol. The van der Waals surface area contributed by atoms with Crippen LogP contribution in [0.4, 0.5) is 0 Å². The standard InChI is InChI=1S/C24H30O6/c1-27-22-11-8-19(9-12-22)17-29-24-28-14-13-23(30-24)16-21(26)15-20(25)10-7-18-5-3-2-4-6-18/h2-6,8-9,11-12,20,23-25H,7,10,13-17H2,1H3/t20-,23-,24+/m1/s1. The fourth-order valence-corrected chi connectivity index (χ4v) is 3.36. The summed E-state index contributed by atoms with van der Waals surface area (Å²) in [7, 11) is 1.62. The summed E-state index contributed by atoms with van der Waals surface area (Å²) < 4.78 is 22.1. The number of Topliss-reactive ketones (excluding diaryl/α,β-unsaturated/α-hetero) is 1. The van der Waals surface area contributed by atoms with E-state index in [4.69, 9.17) is 18.9 Å². The Labute approximate surface area is 177 Å². The van der Waals surface area contributed by atoms with Crippen LogP contribution in [0.3, 0.4) is 0 Å². The SMILES string of the molecule is COc1ccc(CO[C@@H]2OCC[C@H](CC(=O)C[C@H](O)CCc3ccccc3)O2)cc1. The molecule has 0 spiro atoms. The van der Waals surface area contributed by atoms with E-state index in [1.165, 1.54) is 0 Å². The molecule has 0 bridgehead atoms. The van der Waals surface area contributed by atoms with Crippen molar-refractivity contribution in [2.24, 2.45) is 0 Å². The van der Waals surface area contributed by atoms with Gasteiger partial charge in [-0.05, 0) is 42.5 Å². The van der Waals surface area contributed by atoms with Crippen LogP contribution in [0.1, 0.15) is 36.8 Å². The van der Waals surface area contributed by atoms with Crippen molar-refractivity contribution in [1.82, 2.24) is 0 Å². The summed E-state index contributed by atoms with van der Waals surface area (Å²) in [5, 5.41) is 10.2. The second kappa shape index (κ2) is 11.8. The van der Waals surface area contributed by atoms with E-state index in [-0.39, 0.29) is 24.7 Å². The third kappa shape index (κ3) is 7.54. The number of carbonyl (C=O) groups is 1. The molecule has 0 saturated carbocycles. The molecule has 0 radical (unpaired) electrons. The van der Waals surface area contributed by atoms with Crippen molar-refractivity contribution in [2.45, 2.75) is 57.4 Å². The molecule has 1 fully saturated rings. The Kier molecular flexibility index (Phi) is 8.83. The van der Waals surface area contributed by atoms with Crippen LogP contribution in [0.5, 0.6) is 5.75 Å². The number of aryl methyl sites for hydroxylation is 1. The van der Waals surface area contributed by atoms with Crippen LogP contribution in [0.15, 0.2) is 54.6 Å². The van der Waals surface area contributed by atoms with Crippen LogP contribution in [-0.2, 0) is 32.0 Å². The molecule has 30 heavy (non-hydrogen) atoms. The van der Waals surface area contributed by atoms with Crippen molar-refractivity contribution < 1.29 is 28.8 Å². The second-order valence-corrected chi connectivity index (χ2v) is 7.49. The summed E-state index contributed by atoms with van der Waals surface area (Å²) in [4.78, 5) is 12.3. The second-order valence-electron chi connectivity index (χ2n) is 7.49. The van der Waals surface area contributed by atoms with Gasteiger partial charge in [0.15, 0.2) is 0 Å². The Balaban J connectivity index is 1.36. The fraction of sp³-hybridized carbons (Fsp3) is 0.458.